The van der Waals surface area contributed by atoms with E-state index in [-0.39, 0.29) is 6.54 Å². The van der Waals surface area contributed by atoms with Crippen molar-refractivity contribution in [2.75, 3.05) is 38.5 Å². The molecule has 0 amide bonds. The standard InChI is InChI=1S/C12H18F2N4/c13-11(14)9-18-5-3-17(4-6-18)8-10-1-2-12(15)16-7-10/h1-2,7,11H,3-6,8-9H2,(H2,15,16). The van der Waals surface area contributed by atoms with Gasteiger partial charge in [0.05, 0.1) is 6.54 Å². The number of pyridine rings is 1. The summed E-state index contributed by atoms with van der Waals surface area (Å²) < 4.78 is 24.5. The van der Waals surface area contributed by atoms with Crippen molar-refractivity contribution in [3.8, 4) is 0 Å². The zero-order valence-corrected chi connectivity index (χ0v) is 10.2. The van der Waals surface area contributed by atoms with Gasteiger partial charge >= 0.3 is 0 Å². The molecule has 18 heavy (non-hydrogen) atoms. The first-order chi connectivity index (χ1) is 8.63. The van der Waals surface area contributed by atoms with Crippen LogP contribution in [0, 0.1) is 0 Å². The number of rotatable bonds is 4. The molecule has 100 valence electrons. The number of nitrogen functional groups attached to an aromatic ring is 1. The maximum Gasteiger partial charge on any atom is 0.251 e. The summed E-state index contributed by atoms with van der Waals surface area (Å²) in [6.45, 7) is 3.72. The minimum absolute atomic E-state index is 0.114. The van der Waals surface area contributed by atoms with Crippen molar-refractivity contribution in [1.29, 1.82) is 0 Å². The number of nitrogens with zero attached hydrogens (tertiary/aromatic N) is 3. The minimum atomic E-state index is -2.24. The Hall–Kier alpha value is -1.27. The van der Waals surface area contributed by atoms with Crippen molar-refractivity contribution >= 4 is 5.82 Å². The summed E-state index contributed by atoms with van der Waals surface area (Å²) >= 11 is 0. The highest BCUT2D eigenvalue weighted by Crippen LogP contribution is 2.10. The Kier molecular flexibility index (Phi) is 4.43. The lowest BCUT2D eigenvalue weighted by Crippen LogP contribution is -2.47. The van der Waals surface area contributed by atoms with Crippen LogP contribution < -0.4 is 5.73 Å². The maximum atomic E-state index is 12.2. The van der Waals surface area contributed by atoms with Crippen molar-refractivity contribution in [2.45, 2.75) is 13.0 Å². The lowest BCUT2D eigenvalue weighted by molar-refractivity contribution is 0.0543. The molecule has 1 aliphatic heterocycles. The largest absolute Gasteiger partial charge is 0.384 e. The van der Waals surface area contributed by atoms with Crippen LogP contribution in [0.3, 0.4) is 0 Å². The summed E-state index contributed by atoms with van der Waals surface area (Å²) in [7, 11) is 0. The van der Waals surface area contributed by atoms with Gasteiger partial charge in [0.2, 0.25) is 0 Å². The van der Waals surface area contributed by atoms with Gasteiger partial charge in [0.25, 0.3) is 6.43 Å². The molecular weight excluding hydrogens is 238 g/mol. The molecule has 0 spiro atoms. The van der Waals surface area contributed by atoms with Gasteiger partial charge in [-0.05, 0) is 11.6 Å². The van der Waals surface area contributed by atoms with Gasteiger partial charge in [-0.15, -0.1) is 0 Å². The van der Waals surface area contributed by atoms with Crippen LogP contribution in [0.2, 0.25) is 0 Å². The number of halogens is 2. The molecule has 2 N–H and O–H groups in total. The molecule has 1 aliphatic rings. The molecule has 0 saturated carbocycles. The van der Waals surface area contributed by atoms with E-state index < -0.39 is 6.43 Å². The van der Waals surface area contributed by atoms with Crippen molar-refractivity contribution in [3.63, 3.8) is 0 Å². The number of nitrogens with two attached hydrogens (primary N) is 1. The molecular formula is C12H18F2N4. The van der Waals surface area contributed by atoms with Crippen LogP contribution in [0.1, 0.15) is 5.56 Å². The Balaban J connectivity index is 1.78. The molecule has 2 heterocycles. The Morgan fingerprint density at radius 1 is 1.17 bits per heavy atom. The van der Waals surface area contributed by atoms with Gasteiger partial charge in [-0.2, -0.15) is 0 Å². The van der Waals surface area contributed by atoms with Gasteiger partial charge in [0.15, 0.2) is 0 Å². The van der Waals surface area contributed by atoms with E-state index in [1.54, 1.807) is 12.3 Å². The third-order valence-corrected chi connectivity index (χ3v) is 3.11. The van der Waals surface area contributed by atoms with Crippen LogP contribution in [-0.4, -0.2) is 53.9 Å². The van der Waals surface area contributed by atoms with E-state index in [9.17, 15) is 8.78 Å². The fourth-order valence-electron chi connectivity index (χ4n) is 2.11. The van der Waals surface area contributed by atoms with Gasteiger partial charge in [-0.25, -0.2) is 13.8 Å². The highest BCUT2D eigenvalue weighted by Gasteiger charge is 2.19. The highest BCUT2D eigenvalue weighted by atomic mass is 19.3. The van der Waals surface area contributed by atoms with Crippen molar-refractivity contribution in [1.82, 2.24) is 14.8 Å². The average molecular weight is 256 g/mol. The quantitative estimate of drug-likeness (QED) is 0.874. The van der Waals surface area contributed by atoms with Gasteiger partial charge in [-0.1, -0.05) is 6.07 Å². The molecule has 0 radical (unpaired) electrons. The highest BCUT2D eigenvalue weighted by molar-refractivity contribution is 5.29. The van der Waals surface area contributed by atoms with E-state index in [4.69, 9.17) is 5.73 Å². The van der Waals surface area contributed by atoms with E-state index in [1.165, 1.54) is 0 Å². The third-order valence-electron chi connectivity index (χ3n) is 3.11. The summed E-state index contributed by atoms with van der Waals surface area (Å²) in [4.78, 5) is 8.09. The van der Waals surface area contributed by atoms with Crippen LogP contribution >= 0.6 is 0 Å². The first-order valence-electron chi connectivity index (χ1n) is 6.07. The van der Waals surface area contributed by atoms with E-state index in [0.29, 0.717) is 18.9 Å². The Morgan fingerprint density at radius 3 is 2.39 bits per heavy atom. The zero-order chi connectivity index (χ0) is 13.0. The maximum absolute atomic E-state index is 12.2. The van der Waals surface area contributed by atoms with E-state index >= 15 is 0 Å². The predicted octanol–water partition coefficient (Wildman–Crippen LogP) is 1.05. The molecule has 1 saturated heterocycles. The second-order valence-corrected chi connectivity index (χ2v) is 4.56. The molecule has 1 fully saturated rings. The van der Waals surface area contributed by atoms with Gasteiger partial charge < -0.3 is 5.73 Å². The first kappa shape index (κ1) is 13.2. The topological polar surface area (TPSA) is 45.4 Å². The number of alkyl halides is 2. The number of anilines is 1. The minimum Gasteiger partial charge on any atom is -0.384 e. The molecule has 0 aromatic carbocycles. The van der Waals surface area contributed by atoms with Crippen LogP contribution in [0.5, 0.6) is 0 Å². The fraction of sp³-hybridized carbons (Fsp3) is 0.583. The van der Waals surface area contributed by atoms with E-state index in [2.05, 4.69) is 9.88 Å². The zero-order valence-electron chi connectivity index (χ0n) is 10.2. The second-order valence-electron chi connectivity index (χ2n) is 4.56. The fourth-order valence-corrected chi connectivity index (χ4v) is 2.11. The predicted molar refractivity (Wildman–Crippen MR) is 66.4 cm³/mol. The summed E-state index contributed by atoms with van der Waals surface area (Å²) in [5.74, 6) is 0.514. The van der Waals surface area contributed by atoms with Crippen LogP contribution in [0.25, 0.3) is 0 Å². The normalized spacial score (nSPS) is 18.4. The van der Waals surface area contributed by atoms with Crippen molar-refractivity contribution < 1.29 is 8.78 Å². The second kappa shape index (κ2) is 6.06. The Labute approximate surface area is 105 Å². The number of hydrogen-bond donors (Lipinski definition) is 1. The molecule has 4 nitrogen and oxygen atoms in total. The van der Waals surface area contributed by atoms with Crippen LogP contribution in [0.4, 0.5) is 14.6 Å². The Morgan fingerprint density at radius 2 is 1.83 bits per heavy atom. The lowest BCUT2D eigenvalue weighted by atomic mass is 10.2. The number of piperazine rings is 1. The number of hydrogen-bond acceptors (Lipinski definition) is 4. The molecule has 1 aromatic rings. The molecule has 2 rings (SSSR count). The van der Waals surface area contributed by atoms with Crippen molar-refractivity contribution in [2.24, 2.45) is 0 Å². The molecule has 0 aliphatic carbocycles. The van der Waals surface area contributed by atoms with Gasteiger partial charge in [0, 0.05) is 38.9 Å². The van der Waals surface area contributed by atoms with Gasteiger partial charge in [-0.3, -0.25) is 9.80 Å². The average Bonchev–Trinajstić information content (AvgIpc) is 2.34. The molecule has 0 atom stereocenters. The third kappa shape index (κ3) is 3.89. The number of aromatic nitrogens is 1. The molecule has 6 heteroatoms. The van der Waals surface area contributed by atoms with E-state index in [0.717, 1.165) is 25.2 Å². The van der Waals surface area contributed by atoms with E-state index in [1.807, 2.05) is 11.0 Å². The smallest absolute Gasteiger partial charge is 0.251 e. The van der Waals surface area contributed by atoms with Gasteiger partial charge in [0.1, 0.15) is 5.82 Å². The Bertz CT molecular complexity index is 361. The lowest BCUT2D eigenvalue weighted by Gasteiger charge is -2.34. The summed E-state index contributed by atoms with van der Waals surface area (Å²) in [6, 6.07) is 3.73. The molecule has 1 aromatic heterocycles. The summed E-state index contributed by atoms with van der Waals surface area (Å²) in [5, 5.41) is 0. The summed E-state index contributed by atoms with van der Waals surface area (Å²) in [5.41, 5.74) is 6.63. The summed E-state index contributed by atoms with van der Waals surface area (Å²) in [6.07, 6.45) is -0.473. The van der Waals surface area contributed by atoms with Crippen molar-refractivity contribution in [3.05, 3.63) is 23.9 Å². The first-order valence-corrected chi connectivity index (χ1v) is 6.07. The van der Waals surface area contributed by atoms with Crippen LogP contribution in [-0.2, 0) is 6.54 Å². The monoisotopic (exact) mass is 256 g/mol. The van der Waals surface area contributed by atoms with Crippen LogP contribution in [0.15, 0.2) is 18.3 Å². The SMILES string of the molecule is Nc1ccc(CN2CCN(CC(F)F)CC2)cn1. The molecule has 0 bridgehead atoms. The molecule has 0 unspecified atom stereocenters.